The summed E-state index contributed by atoms with van der Waals surface area (Å²) in [5.41, 5.74) is 1.92. The van der Waals surface area contributed by atoms with Crippen LogP contribution in [-0.2, 0) is 11.3 Å². The lowest BCUT2D eigenvalue weighted by Gasteiger charge is -2.14. The van der Waals surface area contributed by atoms with Crippen molar-refractivity contribution in [2.24, 2.45) is 10.9 Å². The lowest BCUT2D eigenvalue weighted by atomic mass is 10.0. The van der Waals surface area contributed by atoms with Crippen LogP contribution in [0, 0.1) is 5.92 Å². The molecule has 3 N–H and O–H groups in total. The number of carbonyl (C=O) groups is 1. The Hall–Kier alpha value is -2.08. The molecule has 1 aliphatic rings. The zero-order valence-electron chi connectivity index (χ0n) is 17.8. The number of hydrogen-bond donors (Lipinski definition) is 3. The number of rotatable bonds is 10. The normalized spacial score (nSPS) is 15.1. The van der Waals surface area contributed by atoms with Crippen LogP contribution in [0.25, 0.3) is 0 Å². The van der Waals surface area contributed by atoms with Crippen molar-refractivity contribution in [1.82, 2.24) is 15.5 Å². The van der Waals surface area contributed by atoms with Gasteiger partial charge in [0.1, 0.15) is 0 Å². The highest BCUT2D eigenvalue weighted by molar-refractivity contribution is 5.92. The Morgan fingerprint density at radius 3 is 2.68 bits per heavy atom. The summed E-state index contributed by atoms with van der Waals surface area (Å²) in [6.45, 7) is 1.99. The van der Waals surface area contributed by atoms with Crippen LogP contribution in [0.15, 0.2) is 29.3 Å². The molecule has 1 fully saturated rings. The molecule has 0 bridgehead atoms. The fourth-order valence-electron chi connectivity index (χ4n) is 3.72. The van der Waals surface area contributed by atoms with Gasteiger partial charge in [0.25, 0.3) is 0 Å². The molecule has 0 aromatic heterocycles. The van der Waals surface area contributed by atoms with Crippen molar-refractivity contribution < 1.29 is 4.79 Å². The molecule has 1 saturated carbocycles. The number of amides is 1. The maximum atomic E-state index is 11.9. The van der Waals surface area contributed by atoms with E-state index < -0.39 is 0 Å². The molecule has 1 amide bonds. The third-order valence-electron chi connectivity index (χ3n) is 5.16. The number of anilines is 1. The molecule has 0 aliphatic heterocycles. The number of unbranched alkanes of at least 4 members (excludes halogenated alkanes) is 1. The fourth-order valence-corrected chi connectivity index (χ4v) is 3.72. The van der Waals surface area contributed by atoms with Crippen LogP contribution in [0.2, 0.25) is 0 Å². The quantitative estimate of drug-likeness (QED) is 0.328. The Labute approximate surface area is 170 Å². The van der Waals surface area contributed by atoms with Gasteiger partial charge in [0.2, 0.25) is 5.91 Å². The second-order valence-corrected chi connectivity index (χ2v) is 7.99. The third kappa shape index (κ3) is 8.74. The lowest BCUT2D eigenvalue weighted by Crippen LogP contribution is -2.37. The molecule has 6 nitrogen and oxygen atoms in total. The summed E-state index contributed by atoms with van der Waals surface area (Å²) < 4.78 is 0. The molecule has 1 aromatic rings. The summed E-state index contributed by atoms with van der Waals surface area (Å²) in [4.78, 5) is 18.1. The van der Waals surface area contributed by atoms with Crippen LogP contribution in [0.5, 0.6) is 0 Å². The highest BCUT2D eigenvalue weighted by Crippen LogP contribution is 2.28. The first-order chi connectivity index (χ1) is 13.6. The van der Waals surface area contributed by atoms with E-state index >= 15 is 0 Å². The smallest absolute Gasteiger partial charge is 0.238 e. The fraction of sp³-hybridized carbons (Fsp3) is 0.636. The lowest BCUT2D eigenvalue weighted by molar-refractivity contribution is -0.116. The van der Waals surface area contributed by atoms with Crippen molar-refractivity contribution in [3.8, 4) is 0 Å². The van der Waals surface area contributed by atoms with E-state index in [1.165, 1.54) is 44.9 Å². The van der Waals surface area contributed by atoms with Crippen LogP contribution in [0.4, 0.5) is 5.69 Å². The summed E-state index contributed by atoms with van der Waals surface area (Å²) in [6, 6.07) is 7.91. The summed E-state index contributed by atoms with van der Waals surface area (Å²) >= 11 is 0. The summed E-state index contributed by atoms with van der Waals surface area (Å²) in [6.07, 6.45) is 9.59. The third-order valence-corrected chi connectivity index (χ3v) is 5.16. The molecule has 0 atom stereocenters. The first-order valence-electron chi connectivity index (χ1n) is 10.5. The second-order valence-electron chi connectivity index (χ2n) is 7.99. The van der Waals surface area contributed by atoms with Crippen molar-refractivity contribution in [1.29, 1.82) is 0 Å². The van der Waals surface area contributed by atoms with Gasteiger partial charge in [-0.2, -0.15) is 0 Å². The van der Waals surface area contributed by atoms with Gasteiger partial charge in [0.15, 0.2) is 5.96 Å². The Kier molecular flexibility index (Phi) is 9.83. The van der Waals surface area contributed by atoms with E-state index in [-0.39, 0.29) is 5.91 Å². The van der Waals surface area contributed by atoms with Gasteiger partial charge in [-0.1, -0.05) is 50.7 Å². The minimum Gasteiger partial charge on any atom is -0.356 e. The van der Waals surface area contributed by atoms with Gasteiger partial charge < -0.3 is 20.9 Å². The van der Waals surface area contributed by atoms with Crippen molar-refractivity contribution in [3.05, 3.63) is 29.8 Å². The largest absolute Gasteiger partial charge is 0.356 e. The molecule has 2 rings (SSSR count). The van der Waals surface area contributed by atoms with E-state index in [4.69, 9.17) is 0 Å². The molecular weight excluding hydrogens is 350 g/mol. The molecule has 1 aliphatic carbocycles. The van der Waals surface area contributed by atoms with E-state index in [0.717, 1.165) is 29.7 Å². The van der Waals surface area contributed by atoms with Gasteiger partial charge in [-0.15, -0.1) is 0 Å². The van der Waals surface area contributed by atoms with Crippen molar-refractivity contribution in [2.75, 3.05) is 39.5 Å². The van der Waals surface area contributed by atoms with E-state index in [2.05, 4.69) is 20.9 Å². The van der Waals surface area contributed by atoms with Crippen molar-refractivity contribution in [3.63, 3.8) is 0 Å². The first-order valence-corrected chi connectivity index (χ1v) is 10.5. The van der Waals surface area contributed by atoms with E-state index in [9.17, 15) is 4.79 Å². The van der Waals surface area contributed by atoms with Gasteiger partial charge in [0.05, 0.1) is 6.54 Å². The average Bonchev–Trinajstić information content (AvgIpc) is 3.17. The number of likely N-dealkylation sites (N-methyl/N-ethyl adjacent to an activating group) is 1. The van der Waals surface area contributed by atoms with Crippen LogP contribution >= 0.6 is 0 Å². The Morgan fingerprint density at radius 2 is 1.96 bits per heavy atom. The second kappa shape index (κ2) is 12.4. The topological polar surface area (TPSA) is 68.8 Å². The van der Waals surface area contributed by atoms with Gasteiger partial charge >= 0.3 is 0 Å². The molecule has 0 saturated heterocycles. The molecule has 0 spiro atoms. The molecular formula is C22H37N5O. The van der Waals surface area contributed by atoms with Crippen molar-refractivity contribution in [2.45, 2.75) is 51.5 Å². The molecule has 0 radical (unpaired) electrons. The van der Waals surface area contributed by atoms with Crippen LogP contribution in [-0.4, -0.2) is 51.0 Å². The van der Waals surface area contributed by atoms with E-state index in [1.54, 1.807) is 7.05 Å². The number of carbonyl (C=O) groups excluding carboxylic acids is 1. The Balaban J connectivity index is 1.67. The van der Waals surface area contributed by atoms with Gasteiger partial charge in [0, 0.05) is 25.8 Å². The molecule has 6 heteroatoms. The zero-order chi connectivity index (χ0) is 20.2. The predicted molar refractivity (Wildman–Crippen MR) is 118 cm³/mol. The highest BCUT2D eigenvalue weighted by Gasteiger charge is 2.13. The summed E-state index contributed by atoms with van der Waals surface area (Å²) in [7, 11) is 5.56. The van der Waals surface area contributed by atoms with Crippen LogP contribution in [0.1, 0.15) is 50.5 Å². The van der Waals surface area contributed by atoms with E-state index in [1.807, 2.05) is 43.3 Å². The summed E-state index contributed by atoms with van der Waals surface area (Å²) in [5.74, 6) is 1.79. The Bertz CT molecular complexity index is 623. The zero-order valence-corrected chi connectivity index (χ0v) is 17.8. The minimum atomic E-state index is -0.00908. The highest BCUT2D eigenvalue weighted by atomic mass is 16.2. The molecule has 1 aromatic carbocycles. The molecule has 156 valence electrons. The van der Waals surface area contributed by atoms with Gasteiger partial charge in [-0.3, -0.25) is 9.79 Å². The minimum absolute atomic E-state index is 0.00908. The maximum Gasteiger partial charge on any atom is 0.238 e. The predicted octanol–water partition coefficient (Wildman–Crippen LogP) is 3.21. The molecule has 0 unspecified atom stereocenters. The van der Waals surface area contributed by atoms with Gasteiger partial charge in [-0.25, -0.2) is 0 Å². The number of guanidine groups is 1. The SMILES string of the molecule is CN=C(NCCCCC1CCCC1)NCc1cccc(NC(=O)CN(C)C)c1. The van der Waals surface area contributed by atoms with E-state index in [0.29, 0.717) is 13.1 Å². The monoisotopic (exact) mass is 387 g/mol. The number of aliphatic imine (C=N–C) groups is 1. The average molecular weight is 388 g/mol. The van der Waals surface area contributed by atoms with Crippen LogP contribution < -0.4 is 16.0 Å². The maximum absolute atomic E-state index is 11.9. The summed E-state index contributed by atoms with van der Waals surface area (Å²) in [5, 5.41) is 9.68. The Morgan fingerprint density at radius 1 is 1.18 bits per heavy atom. The molecule has 28 heavy (non-hydrogen) atoms. The number of hydrogen-bond acceptors (Lipinski definition) is 3. The number of nitrogens with one attached hydrogen (secondary N) is 3. The number of nitrogens with zero attached hydrogens (tertiary/aromatic N) is 2. The number of benzene rings is 1. The van der Waals surface area contributed by atoms with Crippen molar-refractivity contribution >= 4 is 17.6 Å². The first kappa shape index (κ1) is 22.2. The standard InChI is InChI=1S/C22H37N5O/c1-23-22(24-14-7-6-11-18-9-4-5-10-18)25-16-19-12-8-13-20(15-19)26-21(28)17-27(2)3/h8,12-13,15,18H,4-7,9-11,14,16-17H2,1-3H3,(H,26,28)(H2,23,24,25). The molecule has 0 heterocycles. The van der Waals surface area contributed by atoms with Crippen LogP contribution in [0.3, 0.4) is 0 Å². The van der Waals surface area contributed by atoms with Gasteiger partial charge in [-0.05, 0) is 44.1 Å².